The van der Waals surface area contributed by atoms with Crippen LogP contribution in [-0.4, -0.2) is 31.3 Å². The van der Waals surface area contributed by atoms with Crippen LogP contribution in [0.1, 0.15) is 5.69 Å². The molecule has 1 fully saturated rings. The summed E-state index contributed by atoms with van der Waals surface area (Å²) in [4.78, 5) is 7.07. The van der Waals surface area contributed by atoms with Crippen molar-refractivity contribution in [1.29, 1.82) is 0 Å². The summed E-state index contributed by atoms with van der Waals surface area (Å²) in [6.45, 7) is 3.36. The number of rotatable bonds is 2. The minimum Gasteiger partial charge on any atom is -0.398 e. The highest BCUT2D eigenvalue weighted by molar-refractivity contribution is 7.15. The average Bonchev–Trinajstić information content (AvgIpc) is 2.47. The Bertz CT molecular complexity index is 597. The zero-order valence-corrected chi connectivity index (χ0v) is 12.0. The zero-order chi connectivity index (χ0) is 13.2. The molecule has 2 N–H and O–H groups in total. The average molecular weight is 275 g/mol. The van der Waals surface area contributed by atoms with E-state index in [0.717, 1.165) is 60.4 Å². The van der Waals surface area contributed by atoms with Crippen molar-refractivity contribution in [2.75, 3.05) is 36.9 Å². The molecule has 5 heteroatoms. The lowest BCUT2D eigenvalue weighted by Gasteiger charge is -2.29. The first-order valence-corrected chi connectivity index (χ1v) is 7.32. The number of anilines is 2. The van der Waals surface area contributed by atoms with Gasteiger partial charge in [-0.1, -0.05) is 12.1 Å². The first-order valence-electron chi connectivity index (χ1n) is 6.50. The summed E-state index contributed by atoms with van der Waals surface area (Å²) in [5, 5.41) is 1.03. The third-order valence-corrected chi connectivity index (χ3v) is 3.88. The molecule has 0 aliphatic carbocycles. The fourth-order valence-corrected chi connectivity index (χ4v) is 2.69. The van der Waals surface area contributed by atoms with Gasteiger partial charge in [0, 0.05) is 36.0 Å². The number of benzene rings is 1. The topological polar surface area (TPSA) is 51.4 Å². The van der Waals surface area contributed by atoms with E-state index in [1.807, 2.05) is 18.2 Å². The highest BCUT2D eigenvalue weighted by Gasteiger charge is 2.15. The third-order valence-electron chi connectivity index (χ3n) is 3.46. The SMILES string of the molecule is Nc1cc(CP)nc2c(N3CCOCC3)cccc12. The Kier molecular flexibility index (Phi) is 3.54. The summed E-state index contributed by atoms with van der Waals surface area (Å²) in [6.07, 6.45) is 0.817. The number of nitrogens with two attached hydrogens (primary N) is 1. The number of hydrogen-bond donors (Lipinski definition) is 1. The van der Waals surface area contributed by atoms with Gasteiger partial charge >= 0.3 is 0 Å². The number of morpholine rings is 1. The van der Waals surface area contributed by atoms with Crippen LogP contribution in [0.5, 0.6) is 0 Å². The van der Waals surface area contributed by atoms with Gasteiger partial charge in [-0.2, -0.15) is 0 Å². The van der Waals surface area contributed by atoms with Gasteiger partial charge in [-0.15, -0.1) is 9.24 Å². The zero-order valence-electron chi connectivity index (χ0n) is 10.8. The van der Waals surface area contributed by atoms with E-state index in [1.54, 1.807) is 0 Å². The molecule has 0 amide bonds. The molecule has 0 bridgehead atoms. The Labute approximate surface area is 115 Å². The first-order chi connectivity index (χ1) is 9.29. The van der Waals surface area contributed by atoms with Crippen LogP contribution in [0.25, 0.3) is 10.9 Å². The summed E-state index contributed by atoms with van der Waals surface area (Å²) in [6, 6.07) is 8.16. The molecule has 1 aromatic heterocycles. The van der Waals surface area contributed by atoms with Gasteiger partial charge in [0.15, 0.2) is 0 Å². The van der Waals surface area contributed by atoms with Gasteiger partial charge in [0.1, 0.15) is 0 Å². The molecular weight excluding hydrogens is 257 g/mol. The number of nitrogens with zero attached hydrogens (tertiary/aromatic N) is 2. The van der Waals surface area contributed by atoms with Crippen LogP contribution in [-0.2, 0) is 10.9 Å². The van der Waals surface area contributed by atoms with Gasteiger partial charge in [0.25, 0.3) is 0 Å². The van der Waals surface area contributed by atoms with Crippen molar-refractivity contribution in [2.45, 2.75) is 6.16 Å². The maximum absolute atomic E-state index is 6.14. The fourth-order valence-electron chi connectivity index (χ4n) is 2.48. The van der Waals surface area contributed by atoms with Crippen LogP contribution in [0.3, 0.4) is 0 Å². The van der Waals surface area contributed by atoms with Gasteiger partial charge in [-0.25, -0.2) is 0 Å². The van der Waals surface area contributed by atoms with Gasteiger partial charge in [0.2, 0.25) is 0 Å². The molecule has 100 valence electrons. The molecular formula is C14H18N3OP. The Morgan fingerprint density at radius 3 is 2.84 bits per heavy atom. The predicted molar refractivity (Wildman–Crippen MR) is 82.6 cm³/mol. The maximum Gasteiger partial charge on any atom is 0.0959 e. The molecule has 1 aliphatic rings. The molecule has 1 saturated heterocycles. The van der Waals surface area contributed by atoms with E-state index in [1.165, 1.54) is 0 Å². The molecule has 1 atom stereocenters. The summed E-state index contributed by atoms with van der Waals surface area (Å²) < 4.78 is 5.41. The smallest absolute Gasteiger partial charge is 0.0959 e. The molecule has 0 radical (unpaired) electrons. The van der Waals surface area contributed by atoms with E-state index in [2.05, 4.69) is 20.2 Å². The first kappa shape index (κ1) is 12.6. The number of ether oxygens (including phenoxy) is 1. The molecule has 19 heavy (non-hydrogen) atoms. The summed E-state index contributed by atoms with van der Waals surface area (Å²) >= 11 is 0. The minimum absolute atomic E-state index is 0.773. The predicted octanol–water partition coefficient (Wildman–Crippen LogP) is 2.03. The number of nitrogen functional groups attached to an aromatic ring is 1. The molecule has 3 rings (SSSR count). The van der Waals surface area contributed by atoms with Crippen molar-refractivity contribution < 1.29 is 4.74 Å². The second kappa shape index (κ2) is 5.32. The van der Waals surface area contributed by atoms with E-state index in [9.17, 15) is 0 Å². The molecule has 2 heterocycles. The summed E-state index contributed by atoms with van der Waals surface area (Å²) in [7, 11) is 2.70. The Balaban J connectivity index is 2.15. The number of aromatic nitrogens is 1. The van der Waals surface area contributed by atoms with Crippen LogP contribution in [0.2, 0.25) is 0 Å². The van der Waals surface area contributed by atoms with E-state index < -0.39 is 0 Å². The van der Waals surface area contributed by atoms with Gasteiger partial charge < -0.3 is 15.4 Å². The summed E-state index contributed by atoms with van der Waals surface area (Å²) in [5.74, 6) is 0. The van der Waals surface area contributed by atoms with E-state index in [-0.39, 0.29) is 0 Å². The van der Waals surface area contributed by atoms with Crippen LogP contribution in [0, 0.1) is 0 Å². The Hall–Kier alpha value is -1.38. The van der Waals surface area contributed by atoms with Crippen molar-refractivity contribution in [3.63, 3.8) is 0 Å². The van der Waals surface area contributed by atoms with Crippen molar-refractivity contribution in [1.82, 2.24) is 4.98 Å². The number of para-hydroxylation sites is 1. The third kappa shape index (κ3) is 2.38. The van der Waals surface area contributed by atoms with Crippen LogP contribution >= 0.6 is 9.24 Å². The van der Waals surface area contributed by atoms with Crippen LogP contribution in [0.15, 0.2) is 24.3 Å². The monoisotopic (exact) mass is 275 g/mol. The molecule has 1 unspecified atom stereocenters. The molecule has 4 nitrogen and oxygen atoms in total. The second-order valence-corrected chi connectivity index (χ2v) is 5.09. The quantitative estimate of drug-likeness (QED) is 0.852. The van der Waals surface area contributed by atoms with Crippen LogP contribution in [0.4, 0.5) is 11.4 Å². The highest BCUT2D eigenvalue weighted by Crippen LogP contribution is 2.30. The second-order valence-electron chi connectivity index (χ2n) is 4.68. The molecule has 0 saturated carbocycles. The van der Waals surface area contributed by atoms with Gasteiger partial charge in [0.05, 0.1) is 24.4 Å². The molecule has 1 aromatic carbocycles. The summed E-state index contributed by atoms with van der Waals surface area (Å²) in [5.41, 5.74) is 10.1. The van der Waals surface area contributed by atoms with E-state index in [0.29, 0.717) is 0 Å². The van der Waals surface area contributed by atoms with E-state index in [4.69, 9.17) is 15.5 Å². The Morgan fingerprint density at radius 2 is 2.11 bits per heavy atom. The lowest BCUT2D eigenvalue weighted by Crippen LogP contribution is -2.36. The fraction of sp³-hybridized carbons (Fsp3) is 0.357. The number of fused-ring (bicyclic) bond motifs is 1. The van der Waals surface area contributed by atoms with Crippen molar-refractivity contribution in [3.05, 3.63) is 30.0 Å². The highest BCUT2D eigenvalue weighted by atomic mass is 31.0. The van der Waals surface area contributed by atoms with Crippen molar-refractivity contribution >= 4 is 31.5 Å². The van der Waals surface area contributed by atoms with Crippen molar-refractivity contribution in [2.24, 2.45) is 0 Å². The number of hydrogen-bond acceptors (Lipinski definition) is 4. The molecule has 0 spiro atoms. The van der Waals surface area contributed by atoms with E-state index >= 15 is 0 Å². The van der Waals surface area contributed by atoms with Crippen molar-refractivity contribution in [3.8, 4) is 0 Å². The lowest BCUT2D eigenvalue weighted by atomic mass is 10.1. The lowest BCUT2D eigenvalue weighted by molar-refractivity contribution is 0.123. The maximum atomic E-state index is 6.14. The number of pyridine rings is 1. The van der Waals surface area contributed by atoms with Gasteiger partial charge in [-0.05, 0) is 12.1 Å². The molecule has 2 aromatic rings. The molecule has 1 aliphatic heterocycles. The Morgan fingerprint density at radius 1 is 1.32 bits per heavy atom. The standard InChI is InChI=1S/C14H18N3OP/c15-12-8-10(9-19)16-14-11(12)2-1-3-13(14)17-4-6-18-7-5-17/h1-3,8H,4-7,9,19H2,(H2,15,16). The largest absolute Gasteiger partial charge is 0.398 e. The normalized spacial score (nSPS) is 15.9. The minimum atomic E-state index is 0.773. The van der Waals surface area contributed by atoms with Gasteiger partial charge in [-0.3, -0.25) is 4.98 Å². The van der Waals surface area contributed by atoms with Crippen LogP contribution < -0.4 is 10.6 Å².